The minimum atomic E-state index is -0.700. The summed E-state index contributed by atoms with van der Waals surface area (Å²) in [6.45, 7) is 4.00. The molecule has 0 aliphatic heterocycles. The van der Waals surface area contributed by atoms with Crippen LogP contribution in [0.3, 0.4) is 0 Å². The van der Waals surface area contributed by atoms with Gasteiger partial charge in [-0.3, -0.25) is 14.0 Å². The van der Waals surface area contributed by atoms with E-state index in [0.717, 1.165) is 15.8 Å². The first kappa shape index (κ1) is 18.7. The van der Waals surface area contributed by atoms with Gasteiger partial charge in [-0.25, -0.2) is 4.68 Å². The van der Waals surface area contributed by atoms with Crippen LogP contribution >= 0.6 is 22.9 Å². The van der Waals surface area contributed by atoms with Crippen LogP contribution in [0.4, 0.5) is 0 Å². The van der Waals surface area contributed by atoms with E-state index >= 15 is 0 Å². The molecule has 0 radical (unpaired) electrons. The number of amides is 1. The van der Waals surface area contributed by atoms with Gasteiger partial charge in [0, 0.05) is 11.6 Å². The summed E-state index contributed by atoms with van der Waals surface area (Å²) in [6, 6.07) is 10.6. The first-order chi connectivity index (χ1) is 13.5. The van der Waals surface area contributed by atoms with E-state index < -0.39 is 6.04 Å². The number of hydrogen-bond donors (Lipinski definition) is 1. The van der Waals surface area contributed by atoms with Gasteiger partial charge in [-0.15, -0.1) is 11.3 Å². The van der Waals surface area contributed by atoms with Crippen LogP contribution in [0.5, 0.6) is 0 Å². The molecule has 4 aromatic rings. The topological polar surface area (TPSA) is 68.4 Å². The Morgan fingerprint density at radius 2 is 2.00 bits per heavy atom. The summed E-state index contributed by atoms with van der Waals surface area (Å²) in [5.41, 5.74) is 2.32. The Balaban J connectivity index is 1.53. The zero-order valence-corrected chi connectivity index (χ0v) is 17.0. The molecule has 1 N–H and O–H groups in total. The molecule has 1 unspecified atom stereocenters. The van der Waals surface area contributed by atoms with Crippen molar-refractivity contribution in [3.8, 4) is 0 Å². The molecule has 1 atom stereocenters. The molecule has 0 spiro atoms. The van der Waals surface area contributed by atoms with Crippen molar-refractivity contribution in [3.05, 3.63) is 68.5 Å². The number of thiophene rings is 1. The van der Waals surface area contributed by atoms with Crippen molar-refractivity contribution in [2.24, 2.45) is 0 Å². The second-order valence-corrected chi connectivity index (χ2v) is 8.06. The molecular formula is C20H19ClN4O2S. The number of carbonyl (C=O) groups excluding carboxylic acids is 1. The van der Waals surface area contributed by atoms with E-state index in [0.29, 0.717) is 29.3 Å². The Morgan fingerprint density at radius 3 is 2.75 bits per heavy atom. The highest BCUT2D eigenvalue weighted by Crippen LogP contribution is 2.24. The number of hydrogen-bond acceptors (Lipinski definition) is 4. The Hall–Kier alpha value is -2.64. The fraction of sp³-hybridized carbons (Fsp3) is 0.250. The standard InChI is InChI=1S/C20H19ClN4O2S/c1-12(19(26)22-9-7-14-3-5-15(21)6-4-14)25-20(27)17-11-18-16(8-10-28-18)24(17)13(2)23-25/h3-6,8,10-12H,7,9H2,1-2H3,(H,22,26). The largest absolute Gasteiger partial charge is 0.354 e. The number of halogens is 1. The number of carbonyl (C=O) groups is 1. The monoisotopic (exact) mass is 414 g/mol. The minimum Gasteiger partial charge on any atom is -0.354 e. The molecule has 1 amide bonds. The summed E-state index contributed by atoms with van der Waals surface area (Å²) < 4.78 is 4.14. The Bertz CT molecular complexity index is 1220. The summed E-state index contributed by atoms with van der Waals surface area (Å²) >= 11 is 7.46. The van der Waals surface area contributed by atoms with Crippen molar-refractivity contribution in [2.45, 2.75) is 26.3 Å². The number of aromatic nitrogens is 3. The van der Waals surface area contributed by atoms with Crippen LogP contribution in [0, 0.1) is 6.92 Å². The molecule has 3 aromatic heterocycles. The molecule has 0 fully saturated rings. The molecule has 0 aliphatic carbocycles. The first-order valence-electron chi connectivity index (χ1n) is 8.96. The molecule has 0 bridgehead atoms. The smallest absolute Gasteiger partial charge is 0.291 e. The normalized spacial score (nSPS) is 12.5. The average Bonchev–Trinajstić information content (AvgIpc) is 3.27. The van der Waals surface area contributed by atoms with E-state index in [2.05, 4.69) is 10.4 Å². The van der Waals surface area contributed by atoms with Gasteiger partial charge in [0.15, 0.2) is 0 Å². The van der Waals surface area contributed by atoms with Gasteiger partial charge in [0.05, 0.1) is 10.2 Å². The number of nitrogens with zero attached hydrogens (tertiary/aromatic N) is 3. The van der Waals surface area contributed by atoms with Gasteiger partial charge < -0.3 is 5.32 Å². The van der Waals surface area contributed by atoms with E-state index in [1.54, 1.807) is 18.3 Å². The predicted molar refractivity (Wildman–Crippen MR) is 112 cm³/mol. The van der Waals surface area contributed by atoms with Crippen molar-refractivity contribution in [2.75, 3.05) is 6.54 Å². The lowest BCUT2D eigenvalue weighted by atomic mass is 10.1. The summed E-state index contributed by atoms with van der Waals surface area (Å²) in [4.78, 5) is 25.5. The van der Waals surface area contributed by atoms with Gasteiger partial charge in [-0.1, -0.05) is 23.7 Å². The fourth-order valence-corrected chi connectivity index (χ4v) is 4.23. The number of fused-ring (bicyclic) bond motifs is 3. The summed E-state index contributed by atoms with van der Waals surface area (Å²) in [5.74, 6) is 0.435. The van der Waals surface area contributed by atoms with Crippen LogP contribution in [-0.4, -0.2) is 26.6 Å². The number of aryl methyl sites for hydroxylation is 1. The van der Waals surface area contributed by atoms with Crippen molar-refractivity contribution in [3.63, 3.8) is 0 Å². The third-order valence-electron chi connectivity index (χ3n) is 4.80. The zero-order valence-electron chi connectivity index (χ0n) is 15.5. The van der Waals surface area contributed by atoms with Crippen molar-refractivity contribution >= 4 is 44.6 Å². The van der Waals surface area contributed by atoms with Crippen LogP contribution in [0.2, 0.25) is 5.02 Å². The van der Waals surface area contributed by atoms with Crippen LogP contribution in [0.1, 0.15) is 24.4 Å². The van der Waals surface area contributed by atoms with Gasteiger partial charge in [0.1, 0.15) is 17.4 Å². The highest BCUT2D eigenvalue weighted by atomic mass is 35.5. The molecule has 3 heterocycles. The number of rotatable bonds is 5. The van der Waals surface area contributed by atoms with Gasteiger partial charge >= 0.3 is 0 Å². The van der Waals surface area contributed by atoms with Gasteiger partial charge in [0.2, 0.25) is 5.91 Å². The third-order valence-corrected chi connectivity index (χ3v) is 5.90. The summed E-state index contributed by atoms with van der Waals surface area (Å²) in [7, 11) is 0. The molecule has 0 saturated carbocycles. The fourth-order valence-electron chi connectivity index (χ4n) is 3.30. The lowest BCUT2D eigenvalue weighted by molar-refractivity contribution is -0.124. The van der Waals surface area contributed by atoms with E-state index in [9.17, 15) is 9.59 Å². The van der Waals surface area contributed by atoms with Crippen molar-refractivity contribution in [1.82, 2.24) is 19.5 Å². The third kappa shape index (κ3) is 3.31. The number of nitrogens with one attached hydrogen (secondary N) is 1. The van der Waals surface area contributed by atoms with Gasteiger partial charge in [-0.2, -0.15) is 5.10 Å². The lowest BCUT2D eigenvalue weighted by Gasteiger charge is -2.15. The highest BCUT2D eigenvalue weighted by Gasteiger charge is 2.20. The van der Waals surface area contributed by atoms with E-state index in [-0.39, 0.29) is 11.5 Å². The second-order valence-electron chi connectivity index (χ2n) is 6.68. The molecule has 1 aromatic carbocycles. The second kappa shape index (κ2) is 7.41. The van der Waals surface area contributed by atoms with Crippen molar-refractivity contribution in [1.29, 1.82) is 0 Å². The minimum absolute atomic E-state index is 0.235. The Morgan fingerprint density at radius 1 is 1.25 bits per heavy atom. The summed E-state index contributed by atoms with van der Waals surface area (Å²) in [5, 5.41) is 9.95. The molecular weight excluding hydrogens is 396 g/mol. The quantitative estimate of drug-likeness (QED) is 0.542. The molecule has 8 heteroatoms. The Labute approximate surface area is 170 Å². The van der Waals surface area contributed by atoms with E-state index in [1.165, 1.54) is 4.68 Å². The number of benzene rings is 1. The first-order valence-corrected chi connectivity index (χ1v) is 10.2. The molecule has 144 valence electrons. The lowest BCUT2D eigenvalue weighted by Crippen LogP contribution is -2.38. The average molecular weight is 415 g/mol. The maximum atomic E-state index is 12.9. The van der Waals surface area contributed by atoms with E-state index in [1.807, 2.05) is 53.1 Å². The van der Waals surface area contributed by atoms with Crippen LogP contribution in [0.25, 0.3) is 15.7 Å². The molecule has 4 rings (SSSR count). The highest BCUT2D eigenvalue weighted by molar-refractivity contribution is 7.17. The van der Waals surface area contributed by atoms with E-state index in [4.69, 9.17) is 11.6 Å². The summed E-state index contributed by atoms with van der Waals surface area (Å²) in [6.07, 6.45) is 0.686. The van der Waals surface area contributed by atoms with Crippen molar-refractivity contribution < 1.29 is 4.79 Å². The van der Waals surface area contributed by atoms with Gasteiger partial charge in [0.25, 0.3) is 5.56 Å². The van der Waals surface area contributed by atoms with Crippen LogP contribution in [0.15, 0.2) is 46.6 Å². The SMILES string of the molecule is Cc1nn(C(C)C(=O)NCCc2ccc(Cl)cc2)c(=O)c2cc3sccc3n12. The molecule has 6 nitrogen and oxygen atoms in total. The zero-order chi connectivity index (χ0) is 19.8. The molecule has 0 saturated heterocycles. The Kier molecular flexibility index (Phi) is 4.95. The molecule has 0 aliphatic rings. The van der Waals surface area contributed by atoms with Gasteiger partial charge in [-0.05, 0) is 55.5 Å². The van der Waals surface area contributed by atoms with Crippen LogP contribution in [-0.2, 0) is 11.2 Å². The molecule has 28 heavy (non-hydrogen) atoms. The maximum absolute atomic E-state index is 12.9. The maximum Gasteiger partial charge on any atom is 0.291 e. The predicted octanol–water partition coefficient (Wildman–Crippen LogP) is 3.59. The van der Waals surface area contributed by atoms with Crippen LogP contribution < -0.4 is 10.9 Å².